The number of para-hydroxylation sites is 1. The Kier molecular flexibility index (Phi) is 3.09. The van der Waals surface area contributed by atoms with E-state index in [9.17, 15) is 4.39 Å². The fraction of sp³-hybridized carbons (Fsp3) is 0. The smallest absolute Gasteiger partial charge is 0.182 e. The van der Waals surface area contributed by atoms with Gasteiger partial charge in [-0.3, -0.25) is 4.57 Å². The van der Waals surface area contributed by atoms with Crippen molar-refractivity contribution in [3.05, 3.63) is 57.0 Å². The van der Waals surface area contributed by atoms with Crippen LogP contribution in [0.1, 0.15) is 0 Å². The van der Waals surface area contributed by atoms with Crippen LogP contribution >= 0.6 is 35.4 Å². The fourth-order valence-electron chi connectivity index (χ4n) is 2.00. The number of rotatable bonds is 1. The van der Waals surface area contributed by atoms with Crippen LogP contribution in [-0.4, -0.2) is 9.55 Å². The Morgan fingerprint density at radius 1 is 1.11 bits per heavy atom. The molecule has 0 radical (unpaired) electrons. The second kappa shape index (κ2) is 4.63. The van der Waals surface area contributed by atoms with E-state index in [1.807, 2.05) is 12.1 Å². The van der Waals surface area contributed by atoms with Crippen LogP contribution in [0.4, 0.5) is 4.39 Å². The average molecular weight is 313 g/mol. The molecule has 0 unspecified atom stereocenters. The van der Waals surface area contributed by atoms with E-state index in [0.29, 0.717) is 26.0 Å². The minimum Gasteiger partial charge on any atom is -0.330 e. The second-order valence-electron chi connectivity index (χ2n) is 4.00. The molecule has 6 heteroatoms. The van der Waals surface area contributed by atoms with Crippen LogP contribution in [0, 0.1) is 10.6 Å². The SMILES string of the molecule is Fc1ccc(Cl)c(-n2c(=S)[nH]c3cccc(Cl)c32)c1. The molecule has 19 heavy (non-hydrogen) atoms. The molecular formula is C13H7Cl2FN2S. The van der Waals surface area contributed by atoms with Gasteiger partial charge in [-0.2, -0.15) is 0 Å². The Bertz CT molecular complexity index is 838. The maximum atomic E-state index is 13.4. The summed E-state index contributed by atoms with van der Waals surface area (Å²) in [7, 11) is 0. The third kappa shape index (κ3) is 2.06. The van der Waals surface area contributed by atoms with E-state index in [2.05, 4.69) is 4.98 Å². The van der Waals surface area contributed by atoms with E-state index in [1.165, 1.54) is 18.2 Å². The maximum absolute atomic E-state index is 13.4. The number of fused-ring (bicyclic) bond motifs is 1. The minimum absolute atomic E-state index is 0.386. The first-order chi connectivity index (χ1) is 9.08. The number of nitrogens with one attached hydrogen (secondary N) is 1. The number of imidazole rings is 1. The van der Waals surface area contributed by atoms with Gasteiger partial charge in [-0.05, 0) is 42.5 Å². The molecule has 1 N–H and O–H groups in total. The number of H-pyrrole nitrogens is 1. The average Bonchev–Trinajstić information content (AvgIpc) is 2.70. The molecule has 0 saturated heterocycles. The maximum Gasteiger partial charge on any atom is 0.182 e. The van der Waals surface area contributed by atoms with Crippen molar-refractivity contribution in [1.82, 2.24) is 9.55 Å². The Labute approximate surface area is 123 Å². The summed E-state index contributed by atoms with van der Waals surface area (Å²) in [5.41, 5.74) is 1.92. The van der Waals surface area contributed by atoms with Gasteiger partial charge in [0.1, 0.15) is 5.82 Å². The van der Waals surface area contributed by atoms with Gasteiger partial charge in [0, 0.05) is 0 Å². The lowest BCUT2D eigenvalue weighted by Gasteiger charge is -2.08. The van der Waals surface area contributed by atoms with E-state index >= 15 is 0 Å². The quantitative estimate of drug-likeness (QED) is 0.617. The zero-order valence-electron chi connectivity index (χ0n) is 9.45. The van der Waals surface area contributed by atoms with Crippen molar-refractivity contribution in [2.24, 2.45) is 0 Å². The molecule has 0 aliphatic carbocycles. The molecule has 0 bridgehead atoms. The molecular weight excluding hydrogens is 306 g/mol. The van der Waals surface area contributed by atoms with Gasteiger partial charge in [-0.15, -0.1) is 0 Å². The van der Waals surface area contributed by atoms with Crippen LogP contribution in [0.2, 0.25) is 10.0 Å². The Balaban J connectivity index is 2.46. The molecule has 0 fully saturated rings. The molecule has 0 spiro atoms. The highest BCUT2D eigenvalue weighted by Crippen LogP contribution is 2.30. The highest BCUT2D eigenvalue weighted by molar-refractivity contribution is 7.71. The first kappa shape index (κ1) is 12.7. The van der Waals surface area contributed by atoms with E-state index < -0.39 is 0 Å². The van der Waals surface area contributed by atoms with Gasteiger partial charge >= 0.3 is 0 Å². The van der Waals surface area contributed by atoms with E-state index in [0.717, 1.165) is 5.52 Å². The topological polar surface area (TPSA) is 20.7 Å². The zero-order valence-corrected chi connectivity index (χ0v) is 11.8. The Morgan fingerprint density at radius 3 is 2.68 bits per heavy atom. The third-order valence-electron chi connectivity index (χ3n) is 2.80. The summed E-state index contributed by atoms with van der Waals surface area (Å²) in [4.78, 5) is 3.03. The molecule has 0 aliphatic rings. The lowest BCUT2D eigenvalue weighted by Crippen LogP contribution is -1.96. The lowest BCUT2D eigenvalue weighted by molar-refractivity contribution is 0.626. The van der Waals surface area contributed by atoms with Gasteiger partial charge in [-0.25, -0.2) is 4.39 Å². The summed E-state index contributed by atoms with van der Waals surface area (Å²) in [6, 6.07) is 9.52. The summed E-state index contributed by atoms with van der Waals surface area (Å²) in [5.74, 6) is -0.386. The molecule has 0 atom stereocenters. The molecule has 0 saturated carbocycles. The summed E-state index contributed by atoms with van der Waals surface area (Å²) in [6.45, 7) is 0. The standard InChI is InChI=1S/C13H7Cl2FN2S/c14-8-5-4-7(16)6-11(8)18-12-9(15)2-1-3-10(12)17-13(18)19/h1-6H,(H,17,19). The largest absolute Gasteiger partial charge is 0.330 e. The van der Waals surface area contributed by atoms with Crippen LogP contribution in [0.25, 0.3) is 16.7 Å². The zero-order chi connectivity index (χ0) is 13.6. The van der Waals surface area contributed by atoms with Crippen molar-refractivity contribution < 1.29 is 4.39 Å². The van der Waals surface area contributed by atoms with E-state index in [1.54, 1.807) is 10.6 Å². The number of aromatic amines is 1. The van der Waals surface area contributed by atoms with Gasteiger partial charge in [0.25, 0.3) is 0 Å². The number of benzene rings is 2. The predicted molar refractivity (Wildman–Crippen MR) is 78.4 cm³/mol. The van der Waals surface area contributed by atoms with Crippen molar-refractivity contribution in [1.29, 1.82) is 0 Å². The monoisotopic (exact) mass is 312 g/mol. The molecule has 1 aromatic heterocycles. The summed E-state index contributed by atoms with van der Waals surface area (Å²) >= 11 is 17.6. The third-order valence-corrected chi connectivity index (χ3v) is 3.71. The van der Waals surface area contributed by atoms with Crippen LogP contribution < -0.4 is 0 Å². The molecule has 2 aromatic carbocycles. The van der Waals surface area contributed by atoms with E-state index in [-0.39, 0.29) is 5.82 Å². The molecule has 0 amide bonds. The van der Waals surface area contributed by atoms with Gasteiger partial charge < -0.3 is 4.98 Å². The van der Waals surface area contributed by atoms with Crippen molar-refractivity contribution in [2.45, 2.75) is 0 Å². The molecule has 3 aromatic rings. The lowest BCUT2D eigenvalue weighted by atomic mass is 10.2. The van der Waals surface area contributed by atoms with E-state index in [4.69, 9.17) is 35.4 Å². The molecule has 2 nitrogen and oxygen atoms in total. The van der Waals surface area contributed by atoms with Gasteiger partial charge in [0.15, 0.2) is 4.77 Å². The molecule has 96 valence electrons. The first-order valence-corrected chi connectivity index (χ1v) is 6.59. The second-order valence-corrected chi connectivity index (χ2v) is 5.20. The highest BCUT2D eigenvalue weighted by Gasteiger charge is 2.13. The van der Waals surface area contributed by atoms with Crippen molar-refractivity contribution >= 4 is 46.5 Å². The van der Waals surface area contributed by atoms with Crippen molar-refractivity contribution in [3.8, 4) is 5.69 Å². The van der Waals surface area contributed by atoms with Crippen molar-refractivity contribution in [3.63, 3.8) is 0 Å². The van der Waals surface area contributed by atoms with Crippen molar-refractivity contribution in [2.75, 3.05) is 0 Å². The first-order valence-electron chi connectivity index (χ1n) is 5.42. The van der Waals surface area contributed by atoms with Crippen LogP contribution in [0.5, 0.6) is 0 Å². The molecule has 1 heterocycles. The number of hydrogen-bond acceptors (Lipinski definition) is 1. The Hall–Kier alpha value is -1.36. The number of halogens is 3. The number of nitrogens with zero attached hydrogens (tertiary/aromatic N) is 1. The summed E-state index contributed by atoms with van der Waals surface area (Å²) < 4.78 is 15.5. The van der Waals surface area contributed by atoms with Crippen LogP contribution in [-0.2, 0) is 0 Å². The molecule has 3 rings (SSSR count). The van der Waals surface area contributed by atoms with Gasteiger partial charge in [0.05, 0.1) is 26.8 Å². The number of hydrogen-bond donors (Lipinski definition) is 1. The summed E-state index contributed by atoms with van der Waals surface area (Å²) in [6.07, 6.45) is 0. The molecule has 0 aliphatic heterocycles. The van der Waals surface area contributed by atoms with Crippen LogP contribution in [0.3, 0.4) is 0 Å². The normalized spacial score (nSPS) is 11.1. The predicted octanol–water partition coefficient (Wildman–Crippen LogP) is 5.13. The highest BCUT2D eigenvalue weighted by atomic mass is 35.5. The minimum atomic E-state index is -0.386. The Morgan fingerprint density at radius 2 is 1.89 bits per heavy atom. The summed E-state index contributed by atoms with van der Waals surface area (Å²) in [5, 5.41) is 0.920. The van der Waals surface area contributed by atoms with Crippen LogP contribution in [0.15, 0.2) is 36.4 Å². The number of aromatic nitrogens is 2. The fourth-order valence-corrected chi connectivity index (χ4v) is 2.76. The van der Waals surface area contributed by atoms with Gasteiger partial charge in [-0.1, -0.05) is 29.3 Å². The van der Waals surface area contributed by atoms with Gasteiger partial charge in [0.2, 0.25) is 0 Å².